The van der Waals surface area contributed by atoms with Crippen molar-refractivity contribution in [1.29, 1.82) is 0 Å². The third-order valence-electron chi connectivity index (χ3n) is 4.63. The molecule has 4 N–H and O–H groups in total. The summed E-state index contributed by atoms with van der Waals surface area (Å²) in [5, 5.41) is 15.3. The van der Waals surface area contributed by atoms with Gasteiger partial charge < -0.3 is 16.3 Å². The number of carbonyl (C=O) groups is 1. The first kappa shape index (κ1) is 14.4. The Hall–Kier alpha value is -1.56. The maximum absolute atomic E-state index is 12.6. The number of amidine groups is 1. The first-order chi connectivity index (χ1) is 10.1. The zero-order chi connectivity index (χ0) is 14.9. The van der Waals surface area contributed by atoms with E-state index in [1.165, 1.54) is 16.9 Å². The monoisotopic (exact) mass is 307 g/mol. The van der Waals surface area contributed by atoms with Gasteiger partial charge in [-0.1, -0.05) is 24.4 Å². The van der Waals surface area contributed by atoms with Crippen LogP contribution in [-0.4, -0.2) is 22.5 Å². The van der Waals surface area contributed by atoms with Gasteiger partial charge in [0.15, 0.2) is 5.84 Å². The Morgan fingerprint density at radius 1 is 1.29 bits per heavy atom. The molecule has 1 aromatic rings. The van der Waals surface area contributed by atoms with Gasteiger partial charge in [0, 0.05) is 4.88 Å². The first-order valence-electron chi connectivity index (χ1n) is 7.57. The maximum atomic E-state index is 12.6. The minimum absolute atomic E-state index is 0.0945. The average Bonchev–Trinajstić information content (AvgIpc) is 3.08. The number of nitrogens with two attached hydrogens (primary N) is 1. The quantitative estimate of drug-likeness (QED) is 0.347. The fourth-order valence-electron chi connectivity index (χ4n) is 3.42. The Morgan fingerprint density at radius 3 is 2.71 bits per heavy atom. The van der Waals surface area contributed by atoms with Crippen molar-refractivity contribution in [3.63, 3.8) is 0 Å². The van der Waals surface area contributed by atoms with Crippen LogP contribution in [0.25, 0.3) is 0 Å². The fraction of sp³-hybridized carbons (Fsp3) is 0.600. The standard InChI is InChI=1S/C15H21N3O2S/c16-14(18-20)15(7-2-1-3-8-15)17-13(19)12-9-10-5-4-6-11(10)21-12/h9,20H,1-8H2,(H2,16,18)(H,17,19). The van der Waals surface area contributed by atoms with E-state index in [2.05, 4.69) is 10.5 Å². The normalized spacial score (nSPS) is 21.0. The molecule has 21 heavy (non-hydrogen) atoms. The molecule has 1 fully saturated rings. The highest BCUT2D eigenvalue weighted by Crippen LogP contribution is 2.32. The van der Waals surface area contributed by atoms with Crippen molar-refractivity contribution in [2.24, 2.45) is 10.9 Å². The molecule has 0 aromatic carbocycles. The lowest BCUT2D eigenvalue weighted by Gasteiger charge is -2.36. The number of fused-ring (bicyclic) bond motifs is 1. The van der Waals surface area contributed by atoms with Gasteiger partial charge in [-0.25, -0.2) is 0 Å². The van der Waals surface area contributed by atoms with Crippen LogP contribution in [0.15, 0.2) is 11.2 Å². The van der Waals surface area contributed by atoms with E-state index in [1.807, 2.05) is 6.07 Å². The van der Waals surface area contributed by atoms with E-state index in [-0.39, 0.29) is 11.7 Å². The molecule has 5 nitrogen and oxygen atoms in total. The molecule has 6 heteroatoms. The lowest BCUT2D eigenvalue weighted by Crippen LogP contribution is -2.58. The molecule has 1 aromatic heterocycles. The third-order valence-corrected chi connectivity index (χ3v) is 5.86. The lowest BCUT2D eigenvalue weighted by molar-refractivity contribution is 0.0910. The molecule has 1 saturated carbocycles. The van der Waals surface area contributed by atoms with Crippen LogP contribution >= 0.6 is 11.3 Å². The molecule has 1 heterocycles. The van der Waals surface area contributed by atoms with Crippen molar-refractivity contribution in [3.05, 3.63) is 21.4 Å². The smallest absolute Gasteiger partial charge is 0.262 e. The minimum Gasteiger partial charge on any atom is -0.409 e. The fourth-order valence-corrected chi connectivity index (χ4v) is 4.56. The zero-order valence-electron chi connectivity index (χ0n) is 12.0. The molecule has 0 atom stereocenters. The summed E-state index contributed by atoms with van der Waals surface area (Å²) in [5.74, 6) is 0.0301. The molecule has 0 radical (unpaired) electrons. The third kappa shape index (κ3) is 2.64. The number of nitrogens with zero attached hydrogens (tertiary/aromatic N) is 1. The molecule has 114 valence electrons. The van der Waals surface area contributed by atoms with Gasteiger partial charge in [-0.05, 0) is 43.7 Å². The van der Waals surface area contributed by atoms with E-state index < -0.39 is 5.54 Å². The first-order valence-corrected chi connectivity index (χ1v) is 8.38. The second-order valence-corrected chi connectivity index (χ2v) is 7.13. The van der Waals surface area contributed by atoms with Crippen LogP contribution in [0.4, 0.5) is 0 Å². The Balaban J connectivity index is 1.80. The predicted octanol–water partition coefficient (Wildman–Crippen LogP) is 2.42. The second kappa shape index (κ2) is 5.67. The summed E-state index contributed by atoms with van der Waals surface area (Å²) >= 11 is 1.58. The van der Waals surface area contributed by atoms with Crippen molar-refractivity contribution < 1.29 is 10.0 Å². The van der Waals surface area contributed by atoms with E-state index in [4.69, 9.17) is 10.9 Å². The van der Waals surface area contributed by atoms with Crippen LogP contribution in [0.5, 0.6) is 0 Å². The van der Waals surface area contributed by atoms with Crippen molar-refractivity contribution >= 4 is 23.1 Å². The van der Waals surface area contributed by atoms with Gasteiger partial charge in [-0.3, -0.25) is 4.79 Å². The SMILES string of the molecule is N/C(=N/O)C1(NC(=O)c2cc3c(s2)CCC3)CCCCC1. The Bertz CT molecular complexity index is 552. The summed E-state index contributed by atoms with van der Waals surface area (Å²) < 4.78 is 0. The van der Waals surface area contributed by atoms with Crippen LogP contribution in [0.1, 0.15) is 58.6 Å². The maximum Gasteiger partial charge on any atom is 0.262 e. The largest absolute Gasteiger partial charge is 0.409 e. The number of aryl methyl sites for hydroxylation is 2. The Morgan fingerprint density at radius 2 is 2.05 bits per heavy atom. The van der Waals surface area contributed by atoms with Crippen molar-refractivity contribution in [1.82, 2.24) is 5.32 Å². The van der Waals surface area contributed by atoms with Crippen molar-refractivity contribution in [3.8, 4) is 0 Å². The average molecular weight is 307 g/mol. The number of carbonyl (C=O) groups excluding carboxylic acids is 1. The molecule has 0 unspecified atom stereocenters. The van der Waals surface area contributed by atoms with Crippen LogP contribution in [-0.2, 0) is 12.8 Å². The zero-order valence-corrected chi connectivity index (χ0v) is 12.8. The molecular weight excluding hydrogens is 286 g/mol. The molecule has 2 aliphatic rings. The minimum atomic E-state index is -0.682. The number of oxime groups is 1. The van der Waals surface area contributed by atoms with E-state index in [1.54, 1.807) is 11.3 Å². The summed E-state index contributed by atoms with van der Waals surface area (Å²) in [6.45, 7) is 0. The highest BCUT2D eigenvalue weighted by Gasteiger charge is 2.38. The Kier molecular flexibility index (Phi) is 3.89. The van der Waals surface area contributed by atoms with Gasteiger partial charge in [0.25, 0.3) is 5.91 Å². The van der Waals surface area contributed by atoms with Crippen LogP contribution < -0.4 is 11.1 Å². The van der Waals surface area contributed by atoms with Gasteiger partial charge in [-0.2, -0.15) is 0 Å². The van der Waals surface area contributed by atoms with Gasteiger partial charge in [0.05, 0.1) is 4.88 Å². The van der Waals surface area contributed by atoms with E-state index in [0.717, 1.165) is 49.8 Å². The van der Waals surface area contributed by atoms with E-state index >= 15 is 0 Å². The summed E-state index contributed by atoms with van der Waals surface area (Å²) in [6, 6.07) is 2.01. The number of rotatable bonds is 3. The molecule has 0 bridgehead atoms. The highest BCUT2D eigenvalue weighted by atomic mass is 32.1. The number of amides is 1. The van der Waals surface area contributed by atoms with Gasteiger partial charge >= 0.3 is 0 Å². The van der Waals surface area contributed by atoms with E-state index in [9.17, 15) is 4.79 Å². The highest BCUT2D eigenvalue weighted by molar-refractivity contribution is 7.14. The molecule has 0 spiro atoms. The molecular formula is C15H21N3O2S. The second-order valence-electron chi connectivity index (χ2n) is 5.99. The number of hydrogen-bond donors (Lipinski definition) is 3. The summed E-state index contributed by atoms with van der Waals surface area (Å²) in [4.78, 5) is 14.6. The number of thiophene rings is 1. The van der Waals surface area contributed by atoms with Crippen molar-refractivity contribution in [2.45, 2.75) is 56.9 Å². The topological polar surface area (TPSA) is 87.7 Å². The van der Waals surface area contributed by atoms with Gasteiger partial charge in [0.1, 0.15) is 5.54 Å². The molecule has 2 aliphatic carbocycles. The number of nitrogens with one attached hydrogen (secondary N) is 1. The van der Waals surface area contributed by atoms with Gasteiger partial charge in [-0.15, -0.1) is 11.3 Å². The predicted molar refractivity (Wildman–Crippen MR) is 83.0 cm³/mol. The molecule has 0 aliphatic heterocycles. The molecule has 3 rings (SSSR count). The van der Waals surface area contributed by atoms with Crippen molar-refractivity contribution in [2.75, 3.05) is 0 Å². The van der Waals surface area contributed by atoms with E-state index in [0.29, 0.717) is 0 Å². The van der Waals surface area contributed by atoms with Crippen LogP contribution in [0.3, 0.4) is 0 Å². The number of hydrogen-bond acceptors (Lipinski definition) is 4. The van der Waals surface area contributed by atoms with Crippen LogP contribution in [0.2, 0.25) is 0 Å². The summed E-state index contributed by atoms with van der Waals surface area (Å²) in [5.41, 5.74) is 6.50. The summed E-state index contributed by atoms with van der Waals surface area (Å²) in [7, 11) is 0. The Labute approximate surface area is 128 Å². The summed E-state index contributed by atoms with van der Waals surface area (Å²) in [6.07, 6.45) is 7.91. The van der Waals surface area contributed by atoms with Crippen LogP contribution in [0, 0.1) is 0 Å². The molecule has 1 amide bonds. The lowest BCUT2D eigenvalue weighted by atomic mass is 9.80. The molecule has 0 saturated heterocycles. The van der Waals surface area contributed by atoms with Gasteiger partial charge in [0.2, 0.25) is 0 Å².